The summed E-state index contributed by atoms with van der Waals surface area (Å²) in [6.45, 7) is 5.26. The first-order valence-electron chi connectivity index (χ1n) is 9.08. The minimum atomic E-state index is 0.0675. The Morgan fingerprint density at radius 2 is 1.92 bits per heavy atom. The molecule has 0 unspecified atom stereocenters. The number of imidazole rings is 1. The van der Waals surface area contributed by atoms with Crippen molar-refractivity contribution in [2.75, 3.05) is 0 Å². The molecule has 0 spiro atoms. The van der Waals surface area contributed by atoms with E-state index >= 15 is 0 Å². The summed E-state index contributed by atoms with van der Waals surface area (Å²) in [6, 6.07) is 16.4. The van der Waals surface area contributed by atoms with Gasteiger partial charge in [0.25, 0.3) is 0 Å². The lowest BCUT2D eigenvalue weighted by molar-refractivity contribution is -0.125. The molecule has 4 nitrogen and oxygen atoms in total. The van der Waals surface area contributed by atoms with Crippen LogP contribution in [0.4, 0.5) is 0 Å². The van der Waals surface area contributed by atoms with Crippen molar-refractivity contribution in [3.05, 3.63) is 64.4 Å². The van der Waals surface area contributed by atoms with Gasteiger partial charge in [0.05, 0.1) is 17.6 Å². The maximum Gasteiger partial charge on any atom is 0.223 e. The predicted octanol–water partition coefficient (Wildman–Crippen LogP) is 4.90. The largest absolute Gasteiger partial charge is 0.349 e. The zero-order valence-corrected chi connectivity index (χ0v) is 16.8. The summed E-state index contributed by atoms with van der Waals surface area (Å²) in [4.78, 5) is 17.1. The number of amides is 1. The van der Waals surface area contributed by atoms with Crippen molar-refractivity contribution in [3.8, 4) is 0 Å². The van der Waals surface area contributed by atoms with E-state index < -0.39 is 0 Å². The molecule has 3 rings (SSSR count). The highest BCUT2D eigenvalue weighted by molar-refractivity contribution is 9.10. The number of aromatic nitrogens is 2. The Morgan fingerprint density at radius 1 is 1.15 bits per heavy atom. The van der Waals surface area contributed by atoms with Gasteiger partial charge in [-0.25, -0.2) is 4.98 Å². The van der Waals surface area contributed by atoms with E-state index in [2.05, 4.69) is 57.9 Å². The van der Waals surface area contributed by atoms with E-state index in [0.29, 0.717) is 6.54 Å². The average molecular weight is 414 g/mol. The van der Waals surface area contributed by atoms with Crippen LogP contribution in [-0.2, 0) is 17.9 Å². The minimum Gasteiger partial charge on any atom is -0.349 e. The fourth-order valence-corrected chi connectivity index (χ4v) is 3.67. The molecule has 0 fully saturated rings. The SMILES string of the molecule is CCC(CC)C(=O)NCc1nc2ccccc2n1Cc1cccc(Br)c1. The molecule has 1 N–H and O–H groups in total. The van der Waals surface area contributed by atoms with Crippen LogP contribution in [0.1, 0.15) is 38.1 Å². The van der Waals surface area contributed by atoms with Crippen LogP contribution in [0.15, 0.2) is 53.0 Å². The number of carbonyl (C=O) groups excluding carboxylic acids is 1. The molecule has 136 valence electrons. The van der Waals surface area contributed by atoms with Gasteiger partial charge >= 0.3 is 0 Å². The van der Waals surface area contributed by atoms with E-state index in [9.17, 15) is 4.79 Å². The van der Waals surface area contributed by atoms with Crippen molar-refractivity contribution in [1.82, 2.24) is 14.9 Å². The third-order valence-corrected chi connectivity index (χ3v) is 5.23. The van der Waals surface area contributed by atoms with E-state index in [1.54, 1.807) is 0 Å². The van der Waals surface area contributed by atoms with Gasteiger partial charge in [0.2, 0.25) is 5.91 Å². The first kappa shape index (κ1) is 18.6. The summed E-state index contributed by atoms with van der Waals surface area (Å²) in [5.74, 6) is 1.06. The number of nitrogens with one attached hydrogen (secondary N) is 1. The van der Waals surface area contributed by atoms with Gasteiger partial charge in [0.1, 0.15) is 5.82 Å². The number of rotatable bonds is 7. The molecule has 0 radical (unpaired) electrons. The quantitative estimate of drug-likeness (QED) is 0.598. The number of fused-ring (bicyclic) bond motifs is 1. The Balaban J connectivity index is 1.88. The van der Waals surface area contributed by atoms with Crippen LogP contribution in [0.25, 0.3) is 11.0 Å². The third-order valence-electron chi connectivity index (χ3n) is 4.74. The lowest BCUT2D eigenvalue weighted by Crippen LogP contribution is -2.30. The summed E-state index contributed by atoms with van der Waals surface area (Å²) in [7, 11) is 0. The summed E-state index contributed by atoms with van der Waals surface area (Å²) in [5.41, 5.74) is 3.23. The molecular weight excluding hydrogens is 390 g/mol. The maximum absolute atomic E-state index is 12.4. The number of benzene rings is 2. The Kier molecular flexibility index (Phi) is 6.09. The summed E-state index contributed by atoms with van der Waals surface area (Å²) < 4.78 is 3.24. The first-order valence-corrected chi connectivity index (χ1v) is 9.88. The average Bonchev–Trinajstić information content (AvgIpc) is 2.99. The van der Waals surface area contributed by atoms with E-state index in [0.717, 1.165) is 40.7 Å². The lowest BCUT2D eigenvalue weighted by Gasteiger charge is -2.14. The van der Waals surface area contributed by atoms with Crippen LogP contribution >= 0.6 is 15.9 Å². The second-order valence-electron chi connectivity index (χ2n) is 6.46. The van der Waals surface area contributed by atoms with Crippen molar-refractivity contribution < 1.29 is 4.79 Å². The van der Waals surface area contributed by atoms with Gasteiger partial charge in [-0.2, -0.15) is 0 Å². The molecule has 0 aliphatic heterocycles. The zero-order chi connectivity index (χ0) is 18.5. The summed E-state index contributed by atoms with van der Waals surface area (Å²) in [5, 5.41) is 3.07. The maximum atomic E-state index is 12.4. The van der Waals surface area contributed by atoms with Crippen molar-refractivity contribution >= 4 is 32.9 Å². The molecule has 1 aromatic heterocycles. The number of para-hydroxylation sites is 2. The molecule has 0 aliphatic rings. The summed E-state index contributed by atoms with van der Waals surface area (Å²) >= 11 is 3.53. The molecule has 0 saturated carbocycles. The molecule has 0 atom stereocenters. The number of nitrogens with zero attached hydrogens (tertiary/aromatic N) is 2. The molecule has 1 heterocycles. The van der Waals surface area contributed by atoms with E-state index in [4.69, 9.17) is 4.98 Å². The fraction of sp³-hybridized carbons (Fsp3) is 0.333. The number of hydrogen-bond donors (Lipinski definition) is 1. The zero-order valence-electron chi connectivity index (χ0n) is 15.2. The van der Waals surface area contributed by atoms with Crippen LogP contribution in [-0.4, -0.2) is 15.5 Å². The van der Waals surface area contributed by atoms with Crippen LogP contribution < -0.4 is 5.32 Å². The van der Waals surface area contributed by atoms with Gasteiger partial charge in [-0.15, -0.1) is 0 Å². The topological polar surface area (TPSA) is 46.9 Å². The summed E-state index contributed by atoms with van der Waals surface area (Å²) in [6.07, 6.45) is 1.72. The van der Waals surface area contributed by atoms with Gasteiger partial charge in [-0.05, 0) is 42.7 Å². The van der Waals surface area contributed by atoms with Crippen molar-refractivity contribution in [2.24, 2.45) is 5.92 Å². The second-order valence-corrected chi connectivity index (χ2v) is 7.38. The highest BCUT2D eigenvalue weighted by atomic mass is 79.9. The van der Waals surface area contributed by atoms with E-state index in [-0.39, 0.29) is 11.8 Å². The monoisotopic (exact) mass is 413 g/mol. The minimum absolute atomic E-state index is 0.0675. The molecule has 2 aromatic carbocycles. The first-order chi connectivity index (χ1) is 12.6. The van der Waals surface area contributed by atoms with Crippen molar-refractivity contribution in [3.63, 3.8) is 0 Å². The molecule has 0 aliphatic carbocycles. The van der Waals surface area contributed by atoms with E-state index in [1.165, 1.54) is 5.56 Å². The van der Waals surface area contributed by atoms with Gasteiger partial charge in [0.15, 0.2) is 0 Å². The van der Waals surface area contributed by atoms with Crippen molar-refractivity contribution in [2.45, 2.75) is 39.8 Å². The molecule has 0 saturated heterocycles. The van der Waals surface area contributed by atoms with Crippen LogP contribution in [0.2, 0.25) is 0 Å². The van der Waals surface area contributed by atoms with Gasteiger partial charge in [-0.3, -0.25) is 4.79 Å². The standard InChI is InChI=1S/C21H24BrN3O/c1-3-16(4-2)21(26)23-13-20-24-18-10-5-6-11-19(18)25(20)14-15-8-7-9-17(22)12-15/h5-12,16H,3-4,13-14H2,1-2H3,(H,23,26). The Morgan fingerprint density at radius 3 is 2.65 bits per heavy atom. The van der Waals surface area contributed by atoms with Crippen LogP contribution in [0.5, 0.6) is 0 Å². The van der Waals surface area contributed by atoms with Crippen LogP contribution in [0, 0.1) is 5.92 Å². The number of carbonyl (C=O) groups is 1. The third kappa shape index (κ3) is 4.15. The second kappa shape index (κ2) is 8.49. The van der Waals surface area contributed by atoms with E-state index in [1.807, 2.05) is 30.3 Å². The Labute approximate surface area is 162 Å². The Hall–Kier alpha value is -2.14. The predicted molar refractivity (Wildman–Crippen MR) is 109 cm³/mol. The molecule has 26 heavy (non-hydrogen) atoms. The molecule has 3 aromatic rings. The van der Waals surface area contributed by atoms with Crippen LogP contribution in [0.3, 0.4) is 0 Å². The molecule has 1 amide bonds. The fourth-order valence-electron chi connectivity index (χ4n) is 3.22. The highest BCUT2D eigenvalue weighted by Crippen LogP contribution is 2.20. The normalized spacial score (nSPS) is 11.2. The van der Waals surface area contributed by atoms with Crippen molar-refractivity contribution in [1.29, 1.82) is 0 Å². The highest BCUT2D eigenvalue weighted by Gasteiger charge is 2.16. The van der Waals surface area contributed by atoms with Gasteiger partial charge in [0, 0.05) is 16.9 Å². The molecule has 0 bridgehead atoms. The van der Waals surface area contributed by atoms with Gasteiger partial charge in [-0.1, -0.05) is 54.0 Å². The molecule has 5 heteroatoms. The smallest absolute Gasteiger partial charge is 0.223 e. The number of halogens is 1. The molecular formula is C21H24BrN3O. The Bertz CT molecular complexity index is 899. The number of hydrogen-bond acceptors (Lipinski definition) is 2. The van der Waals surface area contributed by atoms with Gasteiger partial charge < -0.3 is 9.88 Å². The lowest BCUT2D eigenvalue weighted by atomic mass is 10.0.